The molecular weight excluding hydrogens is 589 g/mol. The monoisotopic (exact) mass is 616 g/mol. The van der Waals surface area contributed by atoms with Crippen LogP contribution in [0.15, 0.2) is 164 Å². The number of hydrogen-bond donors (Lipinski definition) is 1. The summed E-state index contributed by atoms with van der Waals surface area (Å²) in [6, 6.07) is 59.7. The van der Waals surface area contributed by atoms with E-state index in [1.54, 1.807) is 0 Å². The maximum atomic E-state index is 3.82. The van der Waals surface area contributed by atoms with Crippen LogP contribution in [-0.4, -0.2) is 4.98 Å². The van der Waals surface area contributed by atoms with Crippen molar-refractivity contribution in [3.63, 3.8) is 0 Å². The van der Waals surface area contributed by atoms with Crippen molar-refractivity contribution >= 4 is 91.9 Å². The molecule has 10 rings (SSSR count). The van der Waals surface area contributed by atoms with E-state index in [0.717, 1.165) is 22.6 Å². The highest BCUT2D eigenvalue weighted by Crippen LogP contribution is 2.44. The largest absolute Gasteiger partial charge is 0.354 e. The van der Waals surface area contributed by atoms with E-state index in [-0.39, 0.29) is 0 Å². The Morgan fingerprint density at radius 1 is 0.404 bits per heavy atom. The molecule has 0 unspecified atom stereocenters. The van der Waals surface area contributed by atoms with E-state index in [0.29, 0.717) is 0 Å². The zero-order chi connectivity index (χ0) is 30.9. The number of fused-ring (bicyclic) bond motifs is 8. The van der Waals surface area contributed by atoms with E-state index in [4.69, 9.17) is 0 Å². The van der Waals surface area contributed by atoms with Crippen LogP contribution in [0.25, 0.3) is 74.6 Å². The van der Waals surface area contributed by atoms with E-state index in [9.17, 15) is 0 Å². The average molecular weight is 617 g/mol. The molecule has 0 saturated heterocycles. The van der Waals surface area contributed by atoms with Crippen LogP contribution in [0.5, 0.6) is 0 Å². The molecule has 1 N–H and O–H groups in total. The van der Waals surface area contributed by atoms with Crippen LogP contribution in [0.2, 0.25) is 0 Å². The summed E-state index contributed by atoms with van der Waals surface area (Å²) < 4.78 is 2.66. The average Bonchev–Trinajstić information content (AvgIpc) is 3.70. The Bertz CT molecular complexity index is 2740. The second kappa shape index (κ2) is 10.3. The van der Waals surface area contributed by atoms with Crippen molar-refractivity contribution in [2.24, 2.45) is 0 Å². The van der Waals surface area contributed by atoms with Crippen molar-refractivity contribution in [1.82, 2.24) is 4.98 Å². The zero-order valence-corrected chi connectivity index (χ0v) is 26.3. The number of nitrogens with zero attached hydrogens (tertiary/aromatic N) is 1. The van der Waals surface area contributed by atoms with Crippen molar-refractivity contribution in [2.45, 2.75) is 0 Å². The number of aromatic nitrogens is 1. The summed E-state index contributed by atoms with van der Waals surface area (Å²) in [5.74, 6) is 0. The number of para-hydroxylation sites is 1. The molecule has 8 aromatic carbocycles. The summed E-state index contributed by atoms with van der Waals surface area (Å²) in [6.45, 7) is 0. The quantitative estimate of drug-likeness (QED) is 0.208. The van der Waals surface area contributed by atoms with Gasteiger partial charge in [-0.2, -0.15) is 0 Å². The molecule has 0 bridgehead atoms. The second-order valence-corrected chi connectivity index (χ2v) is 13.3. The Hall–Kier alpha value is -5.90. The molecule has 220 valence electrons. The lowest BCUT2D eigenvalue weighted by atomic mass is 10.00. The van der Waals surface area contributed by atoms with Crippen molar-refractivity contribution in [3.8, 4) is 11.1 Å². The Morgan fingerprint density at radius 2 is 0.979 bits per heavy atom. The van der Waals surface area contributed by atoms with Crippen molar-refractivity contribution < 1.29 is 0 Å². The molecular formula is C44H28N2S. The first-order valence-electron chi connectivity index (χ1n) is 16.0. The molecule has 0 amide bonds. The van der Waals surface area contributed by atoms with Gasteiger partial charge in [0.15, 0.2) is 0 Å². The van der Waals surface area contributed by atoms with Crippen LogP contribution < -0.4 is 4.90 Å². The Balaban J connectivity index is 1.18. The van der Waals surface area contributed by atoms with E-state index >= 15 is 0 Å². The molecule has 2 heterocycles. The Labute approximate surface area is 275 Å². The SMILES string of the molecule is c1ccc2cc(N(c3ccc4ccccc4c3)c3ccc4[nH]c5c(-c6cccc7c6sc6ccccc67)cccc5c4c3)ccc2c1. The lowest BCUT2D eigenvalue weighted by Crippen LogP contribution is -2.09. The van der Waals surface area contributed by atoms with Gasteiger partial charge >= 0.3 is 0 Å². The van der Waals surface area contributed by atoms with E-state index in [1.165, 1.54) is 69.1 Å². The van der Waals surface area contributed by atoms with Crippen LogP contribution in [-0.2, 0) is 0 Å². The number of rotatable bonds is 4. The van der Waals surface area contributed by atoms with E-state index < -0.39 is 0 Å². The number of H-pyrrole nitrogens is 1. The van der Waals surface area contributed by atoms with Gasteiger partial charge in [-0.15, -0.1) is 11.3 Å². The van der Waals surface area contributed by atoms with Crippen molar-refractivity contribution in [2.75, 3.05) is 4.90 Å². The topological polar surface area (TPSA) is 19.0 Å². The summed E-state index contributed by atoms with van der Waals surface area (Å²) in [5, 5.41) is 10.0. The standard InChI is InChI=1S/C44H28N2S/c1-3-11-30-25-32(21-19-28(30)9-1)46(33-22-20-29-10-2-4-12-31(29)26-33)34-23-24-41-40(27-34)37-15-7-14-36(43(37)45-41)39-17-8-16-38-35-13-5-6-18-42(35)47-44(38)39/h1-27,45H. The van der Waals surface area contributed by atoms with E-state index in [2.05, 4.69) is 174 Å². The fourth-order valence-corrected chi connectivity index (χ4v) is 8.54. The zero-order valence-electron chi connectivity index (χ0n) is 25.4. The number of anilines is 3. The molecule has 0 saturated carbocycles. The summed E-state index contributed by atoms with van der Waals surface area (Å²) in [4.78, 5) is 6.21. The van der Waals surface area contributed by atoms with E-state index in [1.807, 2.05) is 11.3 Å². The van der Waals surface area contributed by atoms with Gasteiger partial charge in [0.2, 0.25) is 0 Å². The molecule has 2 nitrogen and oxygen atoms in total. The van der Waals surface area contributed by atoms with Gasteiger partial charge in [0.05, 0.1) is 5.52 Å². The predicted molar refractivity (Wildman–Crippen MR) is 204 cm³/mol. The fraction of sp³-hybridized carbons (Fsp3) is 0. The summed E-state index contributed by atoms with van der Waals surface area (Å²) in [5.41, 5.74) is 8.21. The summed E-state index contributed by atoms with van der Waals surface area (Å²) in [7, 11) is 0. The first-order chi connectivity index (χ1) is 23.3. The molecule has 0 spiro atoms. The number of thiophene rings is 1. The molecule has 0 radical (unpaired) electrons. The number of benzene rings is 8. The maximum Gasteiger partial charge on any atom is 0.0545 e. The Morgan fingerprint density at radius 3 is 1.72 bits per heavy atom. The minimum Gasteiger partial charge on any atom is -0.354 e. The molecule has 10 aromatic rings. The highest BCUT2D eigenvalue weighted by molar-refractivity contribution is 7.26. The lowest BCUT2D eigenvalue weighted by molar-refractivity contribution is 1.30. The third-order valence-electron chi connectivity index (χ3n) is 9.55. The minimum absolute atomic E-state index is 1.13. The summed E-state index contributed by atoms with van der Waals surface area (Å²) >= 11 is 1.88. The first-order valence-corrected chi connectivity index (χ1v) is 16.8. The van der Waals surface area contributed by atoms with Gasteiger partial charge in [-0.05, 0) is 70.1 Å². The fourth-order valence-electron chi connectivity index (χ4n) is 7.31. The van der Waals surface area contributed by atoms with Crippen LogP contribution in [0.4, 0.5) is 17.1 Å². The van der Waals surface area contributed by atoms with Gasteiger partial charge in [0.25, 0.3) is 0 Å². The minimum atomic E-state index is 1.13. The molecule has 2 aromatic heterocycles. The van der Waals surface area contributed by atoms with Gasteiger partial charge in [-0.1, -0.05) is 115 Å². The van der Waals surface area contributed by atoms with Gasteiger partial charge in [-0.25, -0.2) is 0 Å². The third kappa shape index (κ3) is 4.17. The molecule has 0 aliphatic rings. The van der Waals surface area contributed by atoms with Crippen LogP contribution in [0, 0.1) is 0 Å². The Kier molecular flexibility index (Phi) is 5.78. The lowest BCUT2D eigenvalue weighted by Gasteiger charge is -2.26. The predicted octanol–water partition coefficient (Wildman–Crippen LogP) is 13.1. The third-order valence-corrected chi connectivity index (χ3v) is 10.8. The summed E-state index contributed by atoms with van der Waals surface area (Å²) in [6.07, 6.45) is 0. The van der Waals surface area contributed by atoms with Gasteiger partial charge in [-0.3, -0.25) is 0 Å². The molecule has 3 heteroatoms. The van der Waals surface area contributed by atoms with Crippen molar-refractivity contribution in [1.29, 1.82) is 0 Å². The van der Waals surface area contributed by atoms with Crippen LogP contribution in [0.3, 0.4) is 0 Å². The molecule has 0 aliphatic carbocycles. The number of hydrogen-bond acceptors (Lipinski definition) is 2. The highest BCUT2D eigenvalue weighted by atomic mass is 32.1. The van der Waals surface area contributed by atoms with Crippen LogP contribution in [0.1, 0.15) is 0 Å². The highest BCUT2D eigenvalue weighted by Gasteiger charge is 2.18. The van der Waals surface area contributed by atoms with Gasteiger partial charge in [0.1, 0.15) is 0 Å². The second-order valence-electron chi connectivity index (χ2n) is 12.3. The number of nitrogens with one attached hydrogen (secondary N) is 1. The molecule has 0 atom stereocenters. The van der Waals surface area contributed by atoms with Gasteiger partial charge in [0, 0.05) is 64.7 Å². The molecule has 0 aliphatic heterocycles. The van der Waals surface area contributed by atoms with Gasteiger partial charge < -0.3 is 9.88 Å². The normalized spacial score (nSPS) is 11.8. The molecule has 47 heavy (non-hydrogen) atoms. The molecule has 0 fully saturated rings. The van der Waals surface area contributed by atoms with Crippen LogP contribution >= 0.6 is 11.3 Å². The van der Waals surface area contributed by atoms with Crippen molar-refractivity contribution in [3.05, 3.63) is 164 Å². The number of aromatic amines is 1. The maximum absolute atomic E-state index is 3.82. The first kappa shape index (κ1) is 26.3. The smallest absolute Gasteiger partial charge is 0.0545 e.